The van der Waals surface area contributed by atoms with Crippen LogP contribution in [0.15, 0.2) is 18.3 Å². The Morgan fingerprint density at radius 3 is 2.72 bits per heavy atom. The van der Waals surface area contributed by atoms with Gasteiger partial charge in [0.25, 0.3) is 5.91 Å². The highest BCUT2D eigenvalue weighted by atomic mass is 19.1. The minimum atomic E-state index is -0.584. The Hall–Kier alpha value is -1.49. The van der Waals surface area contributed by atoms with Crippen molar-refractivity contribution < 1.29 is 13.9 Å². The van der Waals surface area contributed by atoms with Crippen molar-refractivity contribution in [2.45, 2.75) is 13.8 Å². The average Bonchev–Trinajstić information content (AvgIpc) is 2.34. The number of hydrogen-bond acceptors (Lipinski definition) is 3. The maximum absolute atomic E-state index is 12.7. The zero-order valence-corrected chi connectivity index (χ0v) is 11.0. The van der Waals surface area contributed by atoms with E-state index in [0.717, 1.165) is 0 Å². The first-order chi connectivity index (χ1) is 8.54. The number of rotatable bonds is 6. The number of amides is 1. The summed E-state index contributed by atoms with van der Waals surface area (Å²) in [6.45, 7) is 5.71. The fraction of sp³-hybridized carbons (Fsp3) is 0.538. The largest absolute Gasteiger partial charge is 0.383 e. The van der Waals surface area contributed by atoms with E-state index >= 15 is 0 Å². The molecule has 0 aliphatic rings. The van der Waals surface area contributed by atoms with Crippen LogP contribution in [0.25, 0.3) is 0 Å². The van der Waals surface area contributed by atoms with Crippen LogP contribution in [0.5, 0.6) is 0 Å². The Kier molecular flexibility index (Phi) is 5.71. The molecule has 0 N–H and O–H groups in total. The summed E-state index contributed by atoms with van der Waals surface area (Å²) < 4.78 is 17.7. The molecule has 5 heteroatoms. The van der Waals surface area contributed by atoms with Gasteiger partial charge in [-0.25, -0.2) is 4.98 Å². The number of ether oxygens (including phenoxy) is 1. The van der Waals surface area contributed by atoms with E-state index < -0.39 is 5.95 Å². The fourth-order valence-electron chi connectivity index (χ4n) is 1.60. The third-order valence-electron chi connectivity index (χ3n) is 2.41. The van der Waals surface area contributed by atoms with E-state index in [4.69, 9.17) is 4.74 Å². The summed E-state index contributed by atoms with van der Waals surface area (Å²) in [5, 5.41) is 0. The summed E-state index contributed by atoms with van der Waals surface area (Å²) in [5.41, 5.74) is 0.396. The predicted molar refractivity (Wildman–Crippen MR) is 66.8 cm³/mol. The number of carbonyl (C=O) groups excluding carboxylic acids is 1. The highest BCUT2D eigenvalue weighted by molar-refractivity contribution is 5.93. The second kappa shape index (κ2) is 7.06. The highest BCUT2D eigenvalue weighted by Gasteiger charge is 2.16. The van der Waals surface area contributed by atoms with Crippen molar-refractivity contribution in [2.75, 3.05) is 26.8 Å². The zero-order chi connectivity index (χ0) is 13.5. The van der Waals surface area contributed by atoms with Gasteiger partial charge >= 0.3 is 0 Å². The van der Waals surface area contributed by atoms with E-state index in [2.05, 4.69) is 4.98 Å². The second-order valence-electron chi connectivity index (χ2n) is 4.51. The highest BCUT2D eigenvalue weighted by Crippen LogP contribution is 2.07. The molecule has 1 rings (SSSR count). The molecule has 1 aromatic heterocycles. The standard InChI is InChI=1S/C13H19FN2O2/c1-10(2)9-16(6-7-18-3)13(17)11-4-5-12(14)15-8-11/h4-5,8,10H,6-7,9H2,1-3H3. The van der Waals surface area contributed by atoms with E-state index in [1.54, 1.807) is 12.0 Å². The minimum Gasteiger partial charge on any atom is -0.383 e. The molecule has 1 heterocycles. The molecule has 18 heavy (non-hydrogen) atoms. The number of pyridine rings is 1. The molecule has 0 atom stereocenters. The van der Waals surface area contributed by atoms with Crippen LogP contribution in [0.4, 0.5) is 4.39 Å². The molecule has 0 saturated heterocycles. The number of halogens is 1. The van der Waals surface area contributed by atoms with Crippen LogP contribution in [0, 0.1) is 11.9 Å². The normalized spacial score (nSPS) is 10.7. The van der Waals surface area contributed by atoms with Gasteiger partial charge in [0.05, 0.1) is 12.2 Å². The Labute approximate surface area is 107 Å². The third-order valence-corrected chi connectivity index (χ3v) is 2.41. The average molecular weight is 254 g/mol. The van der Waals surface area contributed by atoms with Gasteiger partial charge in [-0.2, -0.15) is 4.39 Å². The fourth-order valence-corrected chi connectivity index (χ4v) is 1.60. The predicted octanol–water partition coefficient (Wildman–Crippen LogP) is 1.97. The van der Waals surface area contributed by atoms with Crippen LogP contribution in [-0.4, -0.2) is 42.6 Å². The van der Waals surface area contributed by atoms with Crippen molar-refractivity contribution in [3.63, 3.8) is 0 Å². The Morgan fingerprint density at radius 1 is 1.50 bits per heavy atom. The van der Waals surface area contributed by atoms with Gasteiger partial charge in [-0.15, -0.1) is 0 Å². The first kappa shape index (κ1) is 14.6. The summed E-state index contributed by atoms with van der Waals surface area (Å²) in [6, 6.07) is 2.64. The lowest BCUT2D eigenvalue weighted by atomic mass is 10.2. The van der Waals surface area contributed by atoms with Crippen molar-refractivity contribution in [1.29, 1.82) is 0 Å². The first-order valence-electron chi connectivity index (χ1n) is 5.94. The maximum atomic E-state index is 12.7. The second-order valence-corrected chi connectivity index (χ2v) is 4.51. The molecule has 100 valence electrons. The molecule has 0 radical (unpaired) electrons. The monoisotopic (exact) mass is 254 g/mol. The van der Waals surface area contributed by atoms with Gasteiger partial charge in [-0.05, 0) is 18.1 Å². The van der Waals surface area contributed by atoms with Crippen LogP contribution >= 0.6 is 0 Å². The van der Waals surface area contributed by atoms with E-state index in [-0.39, 0.29) is 5.91 Å². The van der Waals surface area contributed by atoms with Crippen molar-refractivity contribution in [2.24, 2.45) is 5.92 Å². The lowest BCUT2D eigenvalue weighted by Gasteiger charge is -2.24. The zero-order valence-electron chi connectivity index (χ0n) is 11.0. The molecule has 0 aliphatic heterocycles. The Balaban J connectivity index is 2.77. The number of methoxy groups -OCH3 is 1. The molecule has 0 aliphatic carbocycles. The van der Waals surface area contributed by atoms with Crippen molar-refractivity contribution in [3.8, 4) is 0 Å². The van der Waals surface area contributed by atoms with E-state index in [1.165, 1.54) is 18.3 Å². The lowest BCUT2D eigenvalue weighted by molar-refractivity contribution is 0.0672. The smallest absolute Gasteiger partial charge is 0.255 e. The molecular formula is C13H19FN2O2. The van der Waals surface area contributed by atoms with Crippen LogP contribution in [0.2, 0.25) is 0 Å². The summed E-state index contributed by atoms with van der Waals surface area (Å²) in [7, 11) is 1.59. The minimum absolute atomic E-state index is 0.145. The van der Waals surface area contributed by atoms with Gasteiger partial charge in [0.15, 0.2) is 0 Å². The van der Waals surface area contributed by atoms with Gasteiger partial charge in [-0.1, -0.05) is 13.8 Å². The third kappa shape index (κ3) is 4.41. The molecule has 0 unspecified atom stereocenters. The van der Waals surface area contributed by atoms with Crippen molar-refractivity contribution in [1.82, 2.24) is 9.88 Å². The Bertz CT molecular complexity index is 379. The summed E-state index contributed by atoms with van der Waals surface area (Å²) in [5.74, 6) is -0.369. The molecule has 1 aromatic rings. The maximum Gasteiger partial charge on any atom is 0.255 e. The molecule has 0 aromatic carbocycles. The number of nitrogens with zero attached hydrogens (tertiary/aromatic N) is 2. The number of carbonyl (C=O) groups is 1. The van der Waals surface area contributed by atoms with Crippen LogP contribution in [0.3, 0.4) is 0 Å². The van der Waals surface area contributed by atoms with Gasteiger partial charge in [-0.3, -0.25) is 4.79 Å². The first-order valence-corrected chi connectivity index (χ1v) is 5.94. The van der Waals surface area contributed by atoms with Gasteiger partial charge in [0.2, 0.25) is 5.95 Å². The number of hydrogen-bond donors (Lipinski definition) is 0. The van der Waals surface area contributed by atoms with E-state index in [1.807, 2.05) is 13.8 Å². The van der Waals surface area contributed by atoms with Crippen LogP contribution in [0.1, 0.15) is 24.2 Å². The molecule has 0 spiro atoms. The molecular weight excluding hydrogens is 235 g/mol. The van der Waals surface area contributed by atoms with Crippen molar-refractivity contribution in [3.05, 3.63) is 29.8 Å². The van der Waals surface area contributed by atoms with E-state index in [0.29, 0.717) is 31.2 Å². The van der Waals surface area contributed by atoms with Gasteiger partial charge < -0.3 is 9.64 Å². The number of aromatic nitrogens is 1. The molecule has 4 nitrogen and oxygen atoms in total. The Morgan fingerprint density at radius 2 is 2.22 bits per heavy atom. The lowest BCUT2D eigenvalue weighted by Crippen LogP contribution is -2.36. The topological polar surface area (TPSA) is 42.4 Å². The SMILES string of the molecule is COCCN(CC(C)C)C(=O)c1ccc(F)nc1. The van der Waals surface area contributed by atoms with Gasteiger partial charge in [0.1, 0.15) is 0 Å². The molecule has 0 bridgehead atoms. The summed E-state index contributed by atoms with van der Waals surface area (Å²) >= 11 is 0. The molecule has 0 saturated carbocycles. The van der Waals surface area contributed by atoms with E-state index in [9.17, 15) is 9.18 Å². The molecule has 1 amide bonds. The quantitative estimate of drug-likeness (QED) is 0.729. The summed E-state index contributed by atoms with van der Waals surface area (Å²) in [4.78, 5) is 17.4. The van der Waals surface area contributed by atoms with Crippen LogP contribution in [-0.2, 0) is 4.74 Å². The summed E-state index contributed by atoms with van der Waals surface area (Å²) in [6.07, 6.45) is 1.26. The van der Waals surface area contributed by atoms with Crippen molar-refractivity contribution >= 4 is 5.91 Å². The van der Waals surface area contributed by atoms with Crippen LogP contribution < -0.4 is 0 Å². The van der Waals surface area contributed by atoms with Gasteiger partial charge in [0, 0.05) is 26.4 Å². The molecule has 0 fully saturated rings.